The van der Waals surface area contributed by atoms with Crippen molar-refractivity contribution in [1.29, 1.82) is 0 Å². The summed E-state index contributed by atoms with van der Waals surface area (Å²) in [5.41, 5.74) is 3.98. The third-order valence-corrected chi connectivity index (χ3v) is 3.09. The highest BCUT2D eigenvalue weighted by Crippen LogP contribution is 2.10. The normalized spacial score (nSPS) is 12.4. The van der Waals surface area contributed by atoms with Gasteiger partial charge in [0.1, 0.15) is 0 Å². The Kier molecular flexibility index (Phi) is 5.86. The van der Waals surface area contributed by atoms with Crippen LogP contribution in [0.2, 0.25) is 0 Å². The lowest BCUT2D eigenvalue weighted by molar-refractivity contribution is -0.137. The lowest BCUT2D eigenvalue weighted by atomic mass is 10.0. The molecule has 18 heavy (non-hydrogen) atoms. The van der Waals surface area contributed by atoms with Crippen molar-refractivity contribution in [3.63, 3.8) is 0 Å². The zero-order valence-electron chi connectivity index (χ0n) is 11.5. The lowest BCUT2D eigenvalue weighted by Gasteiger charge is -2.11. The molecule has 3 heteroatoms. The van der Waals surface area contributed by atoms with E-state index in [2.05, 4.69) is 37.4 Å². The van der Waals surface area contributed by atoms with E-state index in [1.807, 2.05) is 6.92 Å². The standard InChI is InChI=1S/C15H23NO2/c1-11-4-5-14(13(3)8-11)6-7-16-10-12(2)9-15(17)18/h4-5,8,12,16H,6-7,9-10H2,1-3H3,(H,17,18). The first-order valence-electron chi connectivity index (χ1n) is 6.47. The number of rotatable bonds is 7. The zero-order valence-corrected chi connectivity index (χ0v) is 11.5. The van der Waals surface area contributed by atoms with Crippen LogP contribution < -0.4 is 5.32 Å². The topological polar surface area (TPSA) is 49.3 Å². The highest BCUT2D eigenvalue weighted by molar-refractivity contribution is 5.66. The van der Waals surface area contributed by atoms with Crippen LogP contribution in [-0.4, -0.2) is 24.2 Å². The number of aryl methyl sites for hydroxylation is 2. The smallest absolute Gasteiger partial charge is 0.303 e. The van der Waals surface area contributed by atoms with Gasteiger partial charge in [0.25, 0.3) is 0 Å². The summed E-state index contributed by atoms with van der Waals surface area (Å²) >= 11 is 0. The molecule has 0 saturated heterocycles. The van der Waals surface area contributed by atoms with Gasteiger partial charge < -0.3 is 10.4 Å². The van der Waals surface area contributed by atoms with Gasteiger partial charge in [-0.15, -0.1) is 0 Å². The van der Waals surface area contributed by atoms with Crippen molar-refractivity contribution in [2.75, 3.05) is 13.1 Å². The van der Waals surface area contributed by atoms with Gasteiger partial charge in [0.2, 0.25) is 0 Å². The van der Waals surface area contributed by atoms with E-state index in [1.165, 1.54) is 16.7 Å². The molecule has 0 heterocycles. The molecule has 1 unspecified atom stereocenters. The second-order valence-electron chi connectivity index (χ2n) is 5.09. The Hall–Kier alpha value is -1.35. The van der Waals surface area contributed by atoms with Crippen LogP contribution in [-0.2, 0) is 11.2 Å². The number of aliphatic carboxylic acids is 1. The molecule has 1 aromatic carbocycles. The number of carbonyl (C=O) groups is 1. The maximum atomic E-state index is 10.5. The second kappa shape index (κ2) is 7.17. The number of hydrogen-bond donors (Lipinski definition) is 2. The van der Waals surface area contributed by atoms with Gasteiger partial charge in [-0.2, -0.15) is 0 Å². The molecule has 0 aliphatic rings. The van der Waals surface area contributed by atoms with Crippen LogP contribution >= 0.6 is 0 Å². The van der Waals surface area contributed by atoms with Crippen molar-refractivity contribution in [3.8, 4) is 0 Å². The fourth-order valence-corrected chi connectivity index (χ4v) is 2.07. The van der Waals surface area contributed by atoms with Gasteiger partial charge in [-0.3, -0.25) is 4.79 Å². The fraction of sp³-hybridized carbons (Fsp3) is 0.533. The predicted octanol–water partition coefficient (Wildman–Crippen LogP) is 2.55. The fourth-order valence-electron chi connectivity index (χ4n) is 2.07. The molecule has 0 amide bonds. The number of carboxylic acids is 1. The molecule has 0 radical (unpaired) electrons. The van der Waals surface area contributed by atoms with E-state index < -0.39 is 5.97 Å². The molecule has 0 spiro atoms. The van der Waals surface area contributed by atoms with Crippen molar-refractivity contribution in [2.45, 2.75) is 33.6 Å². The lowest BCUT2D eigenvalue weighted by Crippen LogP contribution is -2.25. The van der Waals surface area contributed by atoms with Gasteiger partial charge >= 0.3 is 5.97 Å². The molecule has 1 rings (SSSR count). The first-order chi connectivity index (χ1) is 8.49. The first-order valence-corrected chi connectivity index (χ1v) is 6.47. The summed E-state index contributed by atoms with van der Waals surface area (Å²) in [6.07, 6.45) is 1.22. The Morgan fingerprint density at radius 3 is 2.72 bits per heavy atom. The van der Waals surface area contributed by atoms with Gasteiger partial charge in [-0.1, -0.05) is 30.7 Å². The number of nitrogens with one attached hydrogen (secondary N) is 1. The van der Waals surface area contributed by atoms with Crippen LogP contribution in [0.5, 0.6) is 0 Å². The molecule has 0 aromatic heterocycles. The Balaban J connectivity index is 2.27. The Morgan fingerprint density at radius 1 is 1.39 bits per heavy atom. The van der Waals surface area contributed by atoms with Crippen molar-refractivity contribution < 1.29 is 9.90 Å². The summed E-state index contributed by atoms with van der Waals surface area (Å²) in [7, 11) is 0. The molecule has 0 saturated carbocycles. The molecule has 1 aromatic rings. The van der Waals surface area contributed by atoms with Crippen molar-refractivity contribution >= 4 is 5.97 Å². The molecule has 0 aliphatic heterocycles. The Morgan fingerprint density at radius 2 is 2.11 bits per heavy atom. The summed E-state index contributed by atoms with van der Waals surface area (Å²) in [5, 5.41) is 12.0. The van der Waals surface area contributed by atoms with E-state index in [1.54, 1.807) is 0 Å². The summed E-state index contributed by atoms with van der Waals surface area (Å²) in [5.74, 6) is -0.541. The molecule has 100 valence electrons. The number of carboxylic acid groups (broad SMARTS) is 1. The van der Waals surface area contributed by atoms with E-state index >= 15 is 0 Å². The predicted molar refractivity (Wildman–Crippen MR) is 73.9 cm³/mol. The van der Waals surface area contributed by atoms with Crippen LogP contribution in [0, 0.1) is 19.8 Å². The molecule has 0 aliphatic carbocycles. The van der Waals surface area contributed by atoms with E-state index in [-0.39, 0.29) is 12.3 Å². The number of benzene rings is 1. The average Bonchev–Trinajstić information content (AvgIpc) is 2.25. The van der Waals surface area contributed by atoms with Gasteiger partial charge in [-0.05, 0) is 50.4 Å². The minimum absolute atomic E-state index is 0.182. The van der Waals surface area contributed by atoms with E-state index in [0.29, 0.717) is 0 Å². The van der Waals surface area contributed by atoms with Crippen LogP contribution in [0.3, 0.4) is 0 Å². The van der Waals surface area contributed by atoms with Crippen LogP contribution in [0.1, 0.15) is 30.0 Å². The van der Waals surface area contributed by atoms with E-state index in [4.69, 9.17) is 5.11 Å². The van der Waals surface area contributed by atoms with Gasteiger partial charge in [-0.25, -0.2) is 0 Å². The third kappa shape index (κ3) is 5.32. The minimum Gasteiger partial charge on any atom is -0.481 e. The average molecular weight is 249 g/mol. The summed E-state index contributed by atoms with van der Waals surface area (Å²) in [6, 6.07) is 6.50. The highest BCUT2D eigenvalue weighted by atomic mass is 16.4. The SMILES string of the molecule is Cc1ccc(CCNCC(C)CC(=O)O)c(C)c1. The molecular weight excluding hydrogens is 226 g/mol. The van der Waals surface area contributed by atoms with Crippen LogP contribution in [0.25, 0.3) is 0 Å². The van der Waals surface area contributed by atoms with Crippen molar-refractivity contribution in [2.24, 2.45) is 5.92 Å². The van der Waals surface area contributed by atoms with Crippen LogP contribution in [0.4, 0.5) is 0 Å². The van der Waals surface area contributed by atoms with Gasteiger partial charge in [0, 0.05) is 6.42 Å². The summed E-state index contributed by atoms with van der Waals surface area (Å²) in [6.45, 7) is 7.85. The van der Waals surface area contributed by atoms with Gasteiger partial charge in [0.05, 0.1) is 0 Å². The van der Waals surface area contributed by atoms with E-state index in [0.717, 1.165) is 19.5 Å². The molecular formula is C15H23NO2. The Bertz CT molecular complexity index is 401. The molecule has 0 fully saturated rings. The van der Waals surface area contributed by atoms with E-state index in [9.17, 15) is 4.79 Å². The third-order valence-electron chi connectivity index (χ3n) is 3.09. The maximum absolute atomic E-state index is 10.5. The Labute approximate surface area is 109 Å². The zero-order chi connectivity index (χ0) is 13.5. The quantitative estimate of drug-likeness (QED) is 0.730. The van der Waals surface area contributed by atoms with Crippen molar-refractivity contribution in [3.05, 3.63) is 34.9 Å². The van der Waals surface area contributed by atoms with Gasteiger partial charge in [0.15, 0.2) is 0 Å². The van der Waals surface area contributed by atoms with Crippen molar-refractivity contribution in [1.82, 2.24) is 5.32 Å². The second-order valence-corrected chi connectivity index (χ2v) is 5.09. The monoisotopic (exact) mass is 249 g/mol. The summed E-state index contributed by atoms with van der Waals surface area (Å²) < 4.78 is 0. The molecule has 0 bridgehead atoms. The largest absolute Gasteiger partial charge is 0.481 e. The summed E-state index contributed by atoms with van der Waals surface area (Å²) in [4.78, 5) is 10.5. The highest BCUT2D eigenvalue weighted by Gasteiger charge is 2.06. The number of hydrogen-bond acceptors (Lipinski definition) is 2. The first kappa shape index (κ1) is 14.7. The molecule has 2 N–H and O–H groups in total. The molecule has 3 nitrogen and oxygen atoms in total. The van der Waals surface area contributed by atoms with Crippen LogP contribution in [0.15, 0.2) is 18.2 Å². The molecule has 1 atom stereocenters. The maximum Gasteiger partial charge on any atom is 0.303 e. The minimum atomic E-state index is -0.723.